The molecule has 0 aromatic heterocycles. The van der Waals surface area contributed by atoms with Gasteiger partial charge < -0.3 is 5.73 Å². The van der Waals surface area contributed by atoms with Crippen LogP contribution in [-0.4, -0.2) is 17.5 Å². The van der Waals surface area contributed by atoms with E-state index in [1.807, 2.05) is 11.8 Å². The highest BCUT2D eigenvalue weighted by Crippen LogP contribution is 2.30. The smallest absolute Gasteiger partial charge is 0.327 e. The Balaban J connectivity index is 1.92. The lowest BCUT2D eigenvalue weighted by atomic mass is 9.91. The quantitative estimate of drug-likeness (QED) is 0.906. The maximum absolute atomic E-state index is 12.6. The number of alkyl halides is 3. The number of thioether (sulfide) groups is 1. The van der Waals surface area contributed by atoms with Gasteiger partial charge in [-0.1, -0.05) is 18.2 Å². The molecule has 1 fully saturated rings. The van der Waals surface area contributed by atoms with E-state index in [0.29, 0.717) is 17.9 Å². The summed E-state index contributed by atoms with van der Waals surface area (Å²) in [4.78, 5) is 0. The fraction of sp³-hybridized carbons (Fsp3) is 0.600. The molecule has 20 heavy (non-hydrogen) atoms. The van der Waals surface area contributed by atoms with Crippen LogP contribution in [0.4, 0.5) is 13.2 Å². The number of hydrogen-bond acceptors (Lipinski definition) is 2. The zero-order valence-electron chi connectivity index (χ0n) is 11.3. The molecule has 1 unspecified atom stereocenters. The highest BCUT2D eigenvalue weighted by molar-refractivity contribution is 7.99. The second-order valence-corrected chi connectivity index (χ2v) is 6.68. The second-order valence-electron chi connectivity index (χ2n) is 5.45. The van der Waals surface area contributed by atoms with E-state index in [2.05, 4.69) is 0 Å². The molecule has 0 aliphatic carbocycles. The monoisotopic (exact) mass is 303 g/mol. The van der Waals surface area contributed by atoms with Gasteiger partial charge in [0.05, 0.1) is 5.56 Å². The molecule has 2 N–H and O–H groups in total. The van der Waals surface area contributed by atoms with Crippen LogP contribution in [0.2, 0.25) is 0 Å². The van der Waals surface area contributed by atoms with E-state index in [9.17, 15) is 13.2 Å². The number of rotatable bonds is 4. The molecule has 1 aromatic carbocycles. The molecule has 1 heterocycles. The fourth-order valence-electron chi connectivity index (χ4n) is 2.67. The van der Waals surface area contributed by atoms with Gasteiger partial charge in [-0.3, -0.25) is 0 Å². The zero-order valence-corrected chi connectivity index (χ0v) is 12.1. The van der Waals surface area contributed by atoms with Gasteiger partial charge in [0.2, 0.25) is 0 Å². The molecule has 5 heteroatoms. The molecule has 112 valence electrons. The summed E-state index contributed by atoms with van der Waals surface area (Å²) in [5.41, 5.74) is 6.20. The first kappa shape index (κ1) is 15.7. The molecule has 0 saturated carbocycles. The normalized spacial score (nSPS) is 19.0. The van der Waals surface area contributed by atoms with Crippen LogP contribution in [0.25, 0.3) is 0 Å². The summed E-state index contributed by atoms with van der Waals surface area (Å²) in [6, 6.07) is 5.46. The largest absolute Gasteiger partial charge is 0.416 e. The second kappa shape index (κ2) is 6.85. The molecule has 0 spiro atoms. The predicted octanol–water partition coefficient (Wildman–Crippen LogP) is 4.11. The first-order valence-corrected chi connectivity index (χ1v) is 8.10. The van der Waals surface area contributed by atoms with Crippen molar-refractivity contribution in [2.24, 2.45) is 11.7 Å². The third-order valence-corrected chi connectivity index (χ3v) is 4.78. The Bertz CT molecular complexity index is 427. The summed E-state index contributed by atoms with van der Waals surface area (Å²) in [5.74, 6) is 3.00. The van der Waals surface area contributed by atoms with E-state index >= 15 is 0 Å². The van der Waals surface area contributed by atoms with Crippen LogP contribution in [0.5, 0.6) is 0 Å². The number of nitrogens with two attached hydrogens (primary N) is 1. The standard InChI is InChI=1S/C15H20F3NS/c16-15(17,18)13-3-1-2-12(8-13)10-14(19)9-11-4-6-20-7-5-11/h1-3,8,11,14H,4-7,9-10,19H2. The Morgan fingerprint density at radius 1 is 1.25 bits per heavy atom. The van der Waals surface area contributed by atoms with E-state index in [4.69, 9.17) is 5.73 Å². The number of hydrogen-bond donors (Lipinski definition) is 1. The van der Waals surface area contributed by atoms with Gasteiger partial charge in [0.15, 0.2) is 0 Å². The molecule has 1 nitrogen and oxygen atoms in total. The average molecular weight is 303 g/mol. The van der Waals surface area contributed by atoms with Crippen LogP contribution in [-0.2, 0) is 12.6 Å². The summed E-state index contributed by atoms with van der Waals surface area (Å²) in [6.07, 6.45) is -0.479. The molecule has 1 aliphatic rings. The lowest BCUT2D eigenvalue weighted by Crippen LogP contribution is -2.27. The lowest BCUT2D eigenvalue weighted by molar-refractivity contribution is -0.137. The van der Waals surface area contributed by atoms with Gasteiger partial charge in [-0.15, -0.1) is 0 Å². The van der Waals surface area contributed by atoms with Crippen molar-refractivity contribution in [3.05, 3.63) is 35.4 Å². The van der Waals surface area contributed by atoms with Crippen LogP contribution >= 0.6 is 11.8 Å². The molecular formula is C15H20F3NS. The SMILES string of the molecule is NC(Cc1cccc(C(F)(F)F)c1)CC1CCSCC1. The Morgan fingerprint density at radius 2 is 1.95 bits per heavy atom. The van der Waals surface area contributed by atoms with Gasteiger partial charge in [0.25, 0.3) is 0 Å². The molecule has 1 aromatic rings. The van der Waals surface area contributed by atoms with Crippen LogP contribution in [0.1, 0.15) is 30.4 Å². The Morgan fingerprint density at radius 3 is 2.60 bits per heavy atom. The maximum Gasteiger partial charge on any atom is 0.416 e. The number of halogens is 3. The van der Waals surface area contributed by atoms with Crippen LogP contribution in [0.3, 0.4) is 0 Å². The molecular weight excluding hydrogens is 283 g/mol. The Labute approximate surface area is 122 Å². The van der Waals surface area contributed by atoms with Crippen molar-refractivity contribution >= 4 is 11.8 Å². The van der Waals surface area contributed by atoms with Crippen LogP contribution in [0.15, 0.2) is 24.3 Å². The molecule has 1 aliphatic heterocycles. The maximum atomic E-state index is 12.6. The van der Waals surface area contributed by atoms with Crippen molar-refractivity contribution < 1.29 is 13.2 Å². The zero-order chi connectivity index (χ0) is 14.6. The Hall–Kier alpha value is -0.680. The van der Waals surface area contributed by atoms with Gasteiger partial charge in [-0.2, -0.15) is 24.9 Å². The van der Waals surface area contributed by atoms with Crippen LogP contribution in [0, 0.1) is 5.92 Å². The number of benzene rings is 1. The third-order valence-electron chi connectivity index (χ3n) is 3.73. The van der Waals surface area contributed by atoms with Gasteiger partial charge >= 0.3 is 6.18 Å². The van der Waals surface area contributed by atoms with Crippen molar-refractivity contribution in [3.63, 3.8) is 0 Å². The van der Waals surface area contributed by atoms with Gasteiger partial charge in [-0.25, -0.2) is 0 Å². The molecule has 1 saturated heterocycles. The van der Waals surface area contributed by atoms with Gasteiger partial charge in [0.1, 0.15) is 0 Å². The minimum absolute atomic E-state index is 0.0495. The van der Waals surface area contributed by atoms with E-state index < -0.39 is 11.7 Å². The van der Waals surface area contributed by atoms with Crippen molar-refractivity contribution in [2.45, 2.75) is 37.9 Å². The first-order chi connectivity index (χ1) is 9.45. The minimum atomic E-state index is -4.28. The summed E-state index contributed by atoms with van der Waals surface area (Å²) >= 11 is 1.97. The third kappa shape index (κ3) is 4.70. The predicted molar refractivity (Wildman–Crippen MR) is 77.8 cm³/mol. The lowest BCUT2D eigenvalue weighted by Gasteiger charge is -2.24. The van der Waals surface area contributed by atoms with Crippen molar-refractivity contribution in [2.75, 3.05) is 11.5 Å². The van der Waals surface area contributed by atoms with Crippen LogP contribution < -0.4 is 5.73 Å². The highest BCUT2D eigenvalue weighted by Gasteiger charge is 2.30. The summed E-state index contributed by atoms with van der Waals surface area (Å²) < 4.78 is 37.9. The van der Waals surface area contributed by atoms with Crippen molar-refractivity contribution in [1.82, 2.24) is 0 Å². The van der Waals surface area contributed by atoms with Gasteiger partial charge in [0, 0.05) is 6.04 Å². The van der Waals surface area contributed by atoms with Crippen molar-refractivity contribution in [1.29, 1.82) is 0 Å². The van der Waals surface area contributed by atoms with Gasteiger partial charge in [-0.05, 0) is 54.7 Å². The summed E-state index contributed by atoms with van der Waals surface area (Å²) in [7, 11) is 0. The molecule has 0 bridgehead atoms. The van der Waals surface area contributed by atoms with E-state index in [0.717, 1.165) is 12.5 Å². The molecule has 0 radical (unpaired) electrons. The molecule has 1 atom stereocenters. The van der Waals surface area contributed by atoms with E-state index in [1.165, 1.54) is 36.5 Å². The van der Waals surface area contributed by atoms with E-state index in [1.54, 1.807) is 6.07 Å². The topological polar surface area (TPSA) is 26.0 Å². The fourth-order valence-corrected chi connectivity index (χ4v) is 3.88. The van der Waals surface area contributed by atoms with E-state index in [-0.39, 0.29) is 6.04 Å². The Kier molecular flexibility index (Phi) is 5.38. The highest BCUT2D eigenvalue weighted by atomic mass is 32.2. The summed E-state index contributed by atoms with van der Waals surface area (Å²) in [6.45, 7) is 0. The molecule has 2 rings (SSSR count). The first-order valence-electron chi connectivity index (χ1n) is 6.94. The van der Waals surface area contributed by atoms with Crippen molar-refractivity contribution in [3.8, 4) is 0 Å². The minimum Gasteiger partial charge on any atom is -0.327 e. The molecule has 0 amide bonds. The summed E-state index contributed by atoms with van der Waals surface area (Å²) in [5, 5.41) is 0. The average Bonchev–Trinajstić information content (AvgIpc) is 2.39.